The van der Waals surface area contributed by atoms with E-state index >= 15 is 0 Å². The highest BCUT2D eigenvalue weighted by molar-refractivity contribution is 7.98. The average Bonchev–Trinajstić information content (AvgIpc) is 2.98. The Morgan fingerprint density at radius 2 is 1.86 bits per heavy atom. The molecule has 0 aliphatic rings. The van der Waals surface area contributed by atoms with Gasteiger partial charge in [-0.1, -0.05) is 22.9 Å². The second-order valence-corrected chi connectivity index (χ2v) is 6.09. The highest BCUT2D eigenvalue weighted by atomic mass is 32.2. The lowest BCUT2D eigenvalue weighted by Gasteiger charge is -2.04. The van der Waals surface area contributed by atoms with E-state index in [0.29, 0.717) is 17.5 Å². The average molecular weight is 314 g/mol. The Labute approximate surface area is 132 Å². The molecule has 112 valence electrons. The molecule has 0 spiro atoms. The molecule has 0 atom stereocenters. The van der Waals surface area contributed by atoms with Gasteiger partial charge in [0.15, 0.2) is 0 Å². The molecule has 0 unspecified atom stereocenters. The molecular formula is C17H15FN2OS. The highest BCUT2D eigenvalue weighted by Gasteiger charge is 2.10. The number of aryl methyl sites for hydroxylation is 2. The largest absolute Gasteiger partial charge is 0.338 e. The molecule has 0 N–H and O–H groups in total. The van der Waals surface area contributed by atoms with Gasteiger partial charge in [-0.25, -0.2) is 4.39 Å². The van der Waals surface area contributed by atoms with Gasteiger partial charge in [0, 0.05) is 10.5 Å². The van der Waals surface area contributed by atoms with Crippen LogP contribution >= 0.6 is 11.8 Å². The number of hydrogen-bond donors (Lipinski definition) is 0. The molecule has 0 saturated carbocycles. The van der Waals surface area contributed by atoms with Crippen LogP contribution < -0.4 is 0 Å². The zero-order valence-corrected chi connectivity index (χ0v) is 13.2. The summed E-state index contributed by atoms with van der Waals surface area (Å²) in [6.07, 6.45) is 0. The number of rotatable bonds is 4. The van der Waals surface area contributed by atoms with E-state index in [9.17, 15) is 4.39 Å². The van der Waals surface area contributed by atoms with Crippen molar-refractivity contribution in [3.05, 3.63) is 65.3 Å². The zero-order valence-electron chi connectivity index (χ0n) is 12.3. The van der Waals surface area contributed by atoms with Crippen LogP contribution in [-0.2, 0) is 5.75 Å². The van der Waals surface area contributed by atoms with Crippen molar-refractivity contribution in [1.29, 1.82) is 0 Å². The summed E-state index contributed by atoms with van der Waals surface area (Å²) in [5, 5.41) is 3.95. The molecule has 5 heteroatoms. The van der Waals surface area contributed by atoms with Crippen molar-refractivity contribution in [2.24, 2.45) is 0 Å². The van der Waals surface area contributed by atoms with Gasteiger partial charge in [-0.15, -0.1) is 11.8 Å². The van der Waals surface area contributed by atoms with E-state index < -0.39 is 0 Å². The van der Waals surface area contributed by atoms with Crippen molar-refractivity contribution < 1.29 is 8.91 Å². The lowest BCUT2D eigenvalue weighted by Crippen LogP contribution is -1.85. The molecule has 2 aromatic carbocycles. The van der Waals surface area contributed by atoms with Gasteiger partial charge in [0.2, 0.25) is 11.7 Å². The van der Waals surface area contributed by atoms with Gasteiger partial charge >= 0.3 is 0 Å². The lowest BCUT2D eigenvalue weighted by molar-refractivity contribution is 0.391. The standard InChI is InChI=1S/C17H15FN2OS/c1-11-3-4-12(2)15(9-11)22-10-16-19-17(20-21-16)13-5-7-14(18)8-6-13/h3-9H,10H2,1-2H3. The number of aromatic nitrogens is 2. The molecule has 0 bridgehead atoms. The minimum absolute atomic E-state index is 0.280. The summed E-state index contributed by atoms with van der Waals surface area (Å²) >= 11 is 1.67. The van der Waals surface area contributed by atoms with Crippen molar-refractivity contribution >= 4 is 11.8 Å². The monoisotopic (exact) mass is 314 g/mol. The third-order valence-corrected chi connectivity index (χ3v) is 4.41. The fourth-order valence-corrected chi connectivity index (χ4v) is 2.99. The first-order valence-corrected chi connectivity index (χ1v) is 7.89. The minimum atomic E-state index is -0.280. The fourth-order valence-electron chi connectivity index (χ4n) is 2.03. The van der Waals surface area contributed by atoms with Gasteiger partial charge in [-0.2, -0.15) is 4.98 Å². The molecule has 0 aliphatic carbocycles. The molecule has 1 heterocycles. The van der Waals surface area contributed by atoms with E-state index in [1.165, 1.54) is 28.2 Å². The Balaban J connectivity index is 1.72. The van der Waals surface area contributed by atoms with Gasteiger partial charge in [0.25, 0.3) is 0 Å². The summed E-state index contributed by atoms with van der Waals surface area (Å²) in [6.45, 7) is 4.16. The van der Waals surface area contributed by atoms with Gasteiger partial charge in [-0.05, 0) is 49.7 Å². The maximum Gasteiger partial charge on any atom is 0.237 e. The Morgan fingerprint density at radius 3 is 2.64 bits per heavy atom. The summed E-state index contributed by atoms with van der Waals surface area (Å²) < 4.78 is 18.2. The van der Waals surface area contributed by atoms with Crippen LogP contribution in [0.3, 0.4) is 0 Å². The fraction of sp³-hybridized carbons (Fsp3) is 0.176. The molecule has 0 saturated heterocycles. The quantitative estimate of drug-likeness (QED) is 0.649. The molecule has 0 radical (unpaired) electrons. The first-order valence-electron chi connectivity index (χ1n) is 6.90. The first-order chi connectivity index (χ1) is 10.6. The smallest absolute Gasteiger partial charge is 0.237 e. The molecule has 1 aromatic heterocycles. The van der Waals surface area contributed by atoms with E-state index in [4.69, 9.17) is 4.52 Å². The van der Waals surface area contributed by atoms with Crippen LogP contribution in [0.4, 0.5) is 4.39 Å². The van der Waals surface area contributed by atoms with E-state index in [2.05, 4.69) is 42.2 Å². The van der Waals surface area contributed by atoms with Crippen molar-refractivity contribution in [2.75, 3.05) is 0 Å². The van der Waals surface area contributed by atoms with Gasteiger partial charge in [0.1, 0.15) is 5.82 Å². The summed E-state index contributed by atoms with van der Waals surface area (Å²) in [5.74, 6) is 1.37. The van der Waals surface area contributed by atoms with Gasteiger partial charge in [-0.3, -0.25) is 0 Å². The van der Waals surface area contributed by atoms with Crippen LogP contribution in [0.15, 0.2) is 51.9 Å². The Bertz CT molecular complexity index is 784. The second-order valence-electron chi connectivity index (χ2n) is 5.08. The first kappa shape index (κ1) is 14.8. The summed E-state index contributed by atoms with van der Waals surface area (Å²) in [7, 11) is 0. The summed E-state index contributed by atoms with van der Waals surface area (Å²) in [4.78, 5) is 5.57. The molecule has 3 rings (SSSR count). The van der Waals surface area contributed by atoms with E-state index in [1.807, 2.05) is 0 Å². The van der Waals surface area contributed by atoms with Gasteiger partial charge < -0.3 is 4.52 Å². The van der Waals surface area contributed by atoms with Crippen molar-refractivity contribution in [3.8, 4) is 11.4 Å². The van der Waals surface area contributed by atoms with Crippen LogP contribution in [0.5, 0.6) is 0 Å². The molecule has 0 fully saturated rings. The van der Waals surface area contributed by atoms with E-state index in [1.54, 1.807) is 23.9 Å². The van der Waals surface area contributed by atoms with E-state index in [-0.39, 0.29) is 5.82 Å². The number of benzene rings is 2. The minimum Gasteiger partial charge on any atom is -0.338 e. The summed E-state index contributed by atoms with van der Waals surface area (Å²) in [5.41, 5.74) is 3.20. The predicted octanol–water partition coefficient (Wildman–Crippen LogP) is 4.78. The molecule has 3 aromatic rings. The van der Waals surface area contributed by atoms with Crippen molar-refractivity contribution in [2.45, 2.75) is 24.5 Å². The van der Waals surface area contributed by atoms with Crippen LogP contribution in [0.2, 0.25) is 0 Å². The number of hydrogen-bond acceptors (Lipinski definition) is 4. The number of halogens is 1. The third kappa shape index (κ3) is 3.36. The van der Waals surface area contributed by atoms with Crippen LogP contribution in [0.1, 0.15) is 17.0 Å². The van der Waals surface area contributed by atoms with Crippen LogP contribution in [0.25, 0.3) is 11.4 Å². The maximum atomic E-state index is 12.9. The number of nitrogens with zero attached hydrogens (tertiary/aromatic N) is 2. The molecule has 0 aliphatic heterocycles. The normalized spacial score (nSPS) is 10.9. The molecule has 3 nitrogen and oxygen atoms in total. The van der Waals surface area contributed by atoms with E-state index in [0.717, 1.165) is 5.56 Å². The molecule has 22 heavy (non-hydrogen) atoms. The van der Waals surface area contributed by atoms with Crippen molar-refractivity contribution in [1.82, 2.24) is 10.1 Å². The van der Waals surface area contributed by atoms with Crippen LogP contribution in [0, 0.1) is 19.7 Å². The topological polar surface area (TPSA) is 38.9 Å². The Kier molecular flexibility index (Phi) is 4.24. The zero-order chi connectivity index (χ0) is 15.5. The third-order valence-electron chi connectivity index (χ3n) is 3.27. The van der Waals surface area contributed by atoms with Gasteiger partial charge in [0.05, 0.1) is 5.75 Å². The summed E-state index contributed by atoms with van der Waals surface area (Å²) in [6, 6.07) is 12.4. The SMILES string of the molecule is Cc1ccc(C)c(SCc2nc(-c3ccc(F)cc3)no2)c1. The Hall–Kier alpha value is -2.14. The second kappa shape index (κ2) is 6.32. The molecule has 0 amide bonds. The molecular weight excluding hydrogens is 299 g/mol. The Morgan fingerprint density at radius 1 is 1.09 bits per heavy atom. The maximum absolute atomic E-state index is 12.9. The predicted molar refractivity (Wildman–Crippen MR) is 85.2 cm³/mol. The van der Waals surface area contributed by atoms with Crippen molar-refractivity contribution in [3.63, 3.8) is 0 Å². The highest BCUT2D eigenvalue weighted by Crippen LogP contribution is 2.27. The van der Waals surface area contributed by atoms with Crippen LogP contribution in [-0.4, -0.2) is 10.1 Å². The lowest BCUT2D eigenvalue weighted by atomic mass is 10.2. The number of thioether (sulfide) groups is 1.